The summed E-state index contributed by atoms with van der Waals surface area (Å²) in [7, 11) is 0. The van der Waals surface area contributed by atoms with E-state index < -0.39 is 0 Å². The van der Waals surface area contributed by atoms with Crippen molar-refractivity contribution in [1.29, 1.82) is 0 Å². The number of nitrogens with one attached hydrogen (secondary N) is 1. The Bertz CT molecular complexity index is 1040. The van der Waals surface area contributed by atoms with Gasteiger partial charge in [-0.15, -0.1) is 0 Å². The predicted molar refractivity (Wildman–Crippen MR) is 118 cm³/mol. The lowest BCUT2D eigenvalue weighted by atomic mass is 9.89. The molecule has 0 bridgehead atoms. The molecule has 0 unspecified atom stereocenters. The average Bonchev–Trinajstić information content (AvgIpc) is 2.72. The van der Waals surface area contributed by atoms with E-state index in [1.807, 2.05) is 81.4 Å². The Morgan fingerprint density at radius 2 is 1.80 bits per heavy atom. The van der Waals surface area contributed by atoms with Crippen LogP contribution >= 0.6 is 0 Å². The molecule has 4 nitrogen and oxygen atoms in total. The summed E-state index contributed by atoms with van der Waals surface area (Å²) in [5.74, 6) is 1.27. The Morgan fingerprint density at radius 1 is 1.07 bits per heavy atom. The summed E-state index contributed by atoms with van der Waals surface area (Å²) in [5, 5.41) is 3.21. The minimum Gasteiger partial charge on any atom is -0.488 e. The topological polar surface area (TPSA) is 47.6 Å². The molecule has 1 aliphatic rings. The van der Waals surface area contributed by atoms with Gasteiger partial charge in [-0.2, -0.15) is 0 Å². The molecule has 0 aromatic heterocycles. The molecule has 0 saturated heterocycles. The summed E-state index contributed by atoms with van der Waals surface area (Å²) >= 11 is 0. The second kappa shape index (κ2) is 8.23. The SMILES string of the molecule is Cc1ccc2c(c1)OC(C)(C)C[C@@H]2NC(=O)c1ccccc1OCc1ccccc1. The fraction of sp³-hybridized carbons (Fsp3) is 0.269. The van der Waals surface area contributed by atoms with Crippen LogP contribution in [0, 0.1) is 6.92 Å². The van der Waals surface area contributed by atoms with Crippen LogP contribution in [0.1, 0.15) is 53.4 Å². The Hall–Kier alpha value is -3.27. The van der Waals surface area contributed by atoms with Gasteiger partial charge in [-0.05, 0) is 50.1 Å². The highest BCUT2D eigenvalue weighted by molar-refractivity contribution is 5.97. The first-order chi connectivity index (χ1) is 14.4. The number of benzene rings is 3. The normalized spacial score (nSPS) is 16.8. The summed E-state index contributed by atoms with van der Waals surface area (Å²) in [6.07, 6.45) is 0.696. The van der Waals surface area contributed by atoms with E-state index in [2.05, 4.69) is 11.4 Å². The third-order valence-corrected chi connectivity index (χ3v) is 5.30. The van der Waals surface area contributed by atoms with Gasteiger partial charge in [0.05, 0.1) is 11.6 Å². The van der Waals surface area contributed by atoms with E-state index in [-0.39, 0.29) is 17.6 Å². The van der Waals surface area contributed by atoms with Gasteiger partial charge in [0.1, 0.15) is 23.7 Å². The molecule has 1 N–H and O–H groups in total. The number of aryl methyl sites for hydroxylation is 1. The first-order valence-corrected chi connectivity index (χ1v) is 10.3. The van der Waals surface area contributed by atoms with Crippen molar-refractivity contribution in [3.8, 4) is 11.5 Å². The van der Waals surface area contributed by atoms with Crippen molar-refractivity contribution < 1.29 is 14.3 Å². The Labute approximate surface area is 177 Å². The van der Waals surface area contributed by atoms with Gasteiger partial charge in [0.15, 0.2) is 0 Å². The zero-order chi connectivity index (χ0) is 21.1. The lowest BCUT2D eigenvalue weighted by Crippen LogP contribution is -2.41. The molecule has 3 aromatic carbocycles. The maximum atomic E-state index is 13.2. The van der Waals surface area contributed by atoms with E-state index in [9.17, 15) is 4.79 Å². The molecule has 154 valence electrons. The smallest absolute Gasteiger partial charge is 0.255 e. The molecule has 1 atom stereocenters. The monoisotopic (exact) mass is 401 g/mol. The Kier molecular flexibility index (Phi) is 5.49. The molecule has 0 saturated carbocycles. The minimum absolute atomic E-state index is 0.126. The second-order valence-corrected chi connectivity index (χ2v) is 8.40. The van der Waals surface area contributed by atoms with Crippen LogP contribution in [0.25, 0.3) is 0 Å². The number of ether oxygens (including phenoxy) is 2. The van der Waals surface area contributed by atoms with Crippen molar-refractivity contribution in [2.45, 2.75) is 45.4 Å². The number of para-hydroxylation sites is 1. The molecule has 0 spiro atoms. The second-order valence-electron chi connectivity index (χ2n) is 8.40. The van der Waals surface area contributed by atoms with Crippen molar-refractivity contribution in [3.63, 3.8) is 0 Å². The van der Waals surface area contributed by atoms with E-state index in [0.717, 1.165) is 22.4 Å². The van der Waals surface area contributed by atoms with Crippen LogP contribution in [0.2, 0.25) is 0 Å². The molecule has 1 heterocycles. The van der Waals surface area contributed by atoms with E-state index in [1.54, 1.807) is 6.07 Å². The van der Waals surface area contributed by atoms with Crippen molar-refractivity contribution >= 4 is 5.91 Å². The summed E-state index contributed by atoms with van der Waals surface area (Å²) in [4.78, 5) is 13.2. The van der Waals surface area contributed by atoms with Crippen LogP contribution < -0.4 is 14.8 Å². The Morgan fingerprint density at radius 3 is 2.60 bits per heavy atom. The van der Waals surface area contributed by atoms with Gasteiger partial charge in [-0.3, -0.25) is 4.79 Å². The lowest BCUT2D eigenvalue weighted by Gasteiger charge is -2.38. The third kappa shape index (κ3) is 4.48. The molecule has 0 radical (unpaired) electrons. The fourth-order valence-corrected chi connectivity index (χ4v) is 3.84. The number of hydrogen-bond donors (Lipinski definition) is 1. The van der Waals surface area contributed by atoms with Gasteiger partial charge in [0.2, 0.25) is 0 Å². The zero-order valence-electron chi connectivity index (χ0n) is 17.6. The molecule has 30 heavy (non-hydrogen) atoms. The molecular weight excluding hydrogens is 374 g/mol. The van der Waals surface area contributed by atoms with Crippen LogP contribution in [-0.2, 0) is 6.61 Å². The molecule has 3 aromatic rings. The highest BCUT2D eigenvalue weighted by atomic mass is 16.5. The van der Waals surface area contributed by atoms with Crippen molar-refractivity contribution in [2.75, 3.05) is 0 Å². The minimum atomic E-state index is -0.359. The molecular formula is C26H27NO3. The average molecular weight is 402 g/mol. The van der Waals surface area contributed by atoms with E-state index in [1.165, 1.54) is 0 Å². The van der Waals surface area contributed by atoms with E-state index in [4.69, 9.17) is 9.47 Å². The van der Waals surface area contributed by atoms with Gasteiger partial charge in [0, 0.05) is 12.0 Å². The van der Waals surface area contributed by atoms with E-state index >= 15 is 0 Å². The van der Waals surface area contributed by atoms with Crippen LogP contribution in [0.15, 0.2) is 72.8 Å². The molecule has 4 rings (SSSR count). The summed E-state index contributed by atoms with van der Waals surface area (Å²) in [6.45, 7) is 6.55. The van der Waals surface area contributed by atoms with Crippen LogP contribution in [0.4, 0.5) is 0 Å². The third-order valence-electron chi connectivity index (χ3n) is 5.30. The highest BCUT2D eigenvalue weighted by Gasteiger charge is 2.35. The van der Waals surface area contributed by atoms with Crippen LogP contribution in [0.5, 0.6) is 11.5 Å². The quantitative estimate of drug-likeness (QED) is 0.605. The summed E-state index contributed by atoms with van der Waals surface area (Å²) < 4.78 is 12.1. The van der Waals surface area contributed by atoms with Crippen LogP contribution in [0.3, 0.4) is 0 Å². The number of hydrogen-bond acceptors (Lipinski definition) is 3. The van der Waals surface area contributed by atoms with Gasteiger partial charge < -0.3 is 14.8 Å². The summed E-state index contributed by atoms with van der Waals surface area (Å²) in [6, 6.07) is 23.3. The van der Waals surface area contributed by atoms with Gasteiger partial charge in [-0.1, -0.05) is 54.6 Å². The predicted octanol–water partition coefficient (Wildman–Crippen LogP) is 5.61. The number of carbonyl (C=O) groups excluding carboxylic acids is 1. The lowest BCUT2D eigenvalue weighted by molar-refractivity contribution is 0.0618. The standard InChI is InChI=1S/C26H27NO3/c1-18-13-14-20-22(16-26(2,3)30-24(20)15-18)27-25(28)21-11-7-8-12-23(21)29-17-19-9-5-4-6-10-19/h4-15,22H,16-17H2,1-3H3,(H,27,28)/t22-/m0/s1. The highest BCUT2D eigenvalue weighted by Crippen LogP contribution is 2.40. The van der Waals surface area contributed by atoms with Crippen molar-refractivity contribution in [2.24, 2.45) is 0 Å². The van der Waals surface area contributed by atoms with Gasteiger partial charge in [0.25, 0.3) is 5.91 Å². The van der Waals surface area contributed by atoms with Crippen LogP contribution in [-0.4, -0.2) is 11.5 Å². The first-order valence-electron chi connectivity index (χ1n) is 10.3. The zero-order valence-corrected chi connectivity index (χ0v) is 17.6. The number of fused-ring (bicyclic) bond motifs is 1. The maximum Gasteiger partial charge on any atom is 0.255 e. The first kappa shape index (κ1) is 20.0. The number of rotatable bonds is 5. The largest absolute Gasteiger partial charge is 0.488 e. The van der Waals surface area contributed by atoms with Gasteiger partial charge >= 0.3 is 0 Å². The molecule has 4 heteroatoms. The van der Waals surface area contributed by atoms with Crippen molar-refractivity contribution in [1.82, 2.24) is 5.32 Å². The molecule has 1 amide bonds. The molecule has 1 aliphatic heterocycles. The summed E-state index contributed by atoms with van der Waals surface area (Å²) in [5.41, 5.74) is 3.38. The maximum absolute atomic E-state index is 13.2. The Balaban J connectivity index is 1.55. The van der Waals surface area contributed by atoms with E-state index in [0.29, 0.717) is 24.3 Å². The fourth-order valence-electron chi connectivity index (χ4n) is 3.84. The van der Waals surface area contributed by atoms with Gasteiger partial charge in [-0.25, -0.2) is 0 Å². The molecule has 0 fully saturated rings. The number of carbonyl (C=O) groups is 1. The van der Waals surface area contributed by atoms with Crippen molar-refractivity contribution in [3.05, 3.63) is 95.1 Å². The number of amides is 1. The molecule has 0 aliphatic carbocycles.